The average Bonchev–Trinajstić information content (AvgIpc) is 2.87. The largest absolute Gasteiger partial charge is 0.481 e. The van der Waals surface area contributed by atoms with Gasteiger partial charge in [-0.15, -0.1) is 0 Å². The van der Waals surface area contributed by atoms with Gasteiger partial charge in [-0.25, -0.2) is 4.98 Å². The first-order valence-corrected chi connectivity index (χ1v) is 6.28. The maximum absolute atomic E-state index is 10.8. The lowest BCUT2D eigenvalue weighted by molar-refractivity contribution is -0.141. The molecule has 0 aliphatic heterocycles. The van der Waals surface area contributed by atoms with Crippen LogP contribution in [0.1, 0.15) is 32.0 Å². The van der Waals surface area contributed by atoms with Crippen LogP contribution in [0.5, 0.6) is 0 Å². The number of nitrogens with one attached hydrogen (secondary N) is 1. The van der Waals surface area contributed by atoms with Crippen LogP contribution < -0.4 is 5.32 Å². The van der Waals surface area contributed by atoms with Crippen molar-refractivity contribution in [3.05, 3.63) is 5.82 Å². The molecule has 1 heterocycles. The van der Waals surface area contributed by atoms with Gasteiger partial charge in [-0.3, -0.25) is 4.79 Å². The minimum Gasteiger partial charge on any atom is -0.481 e. The molecule has 0 radical (unpaired) electrons. The van der Waals surface area contributed by atoms with Crippen LogP contribution in [0.3, 0.4) is 0 Å². The first kappa shape index (κ1) is 11.3. The maximum Gasteiger partial charge on any atom is 0.306 e. The number of aryl methyl sites for hydroxylation is 1. The summed E-state index contributed by atoms with van der Waals surface area (Å²) in [5, 5.41) is 13.0. The SMILES string of the molecule is CCc1nsc(N[C@H]2CC[C@@H](C(=O)O)C2)n1. The van der Waals surface area contributed by atoms with Gasteiger partial charge in [0.1, 0.15) is 5.82 Å². The number of carboxylic acid groups (broad SMARTS) is 1. The number of aliphatic carboxylic acids is 1. The molecule has 88 valence electrons. The van der Waals surface area contributed by atoms with Crippen LogP contribution >= 0.6 is 11.5 Å². The molecule has 5 nitrogen and oxygen atoms in total. The second-order valence-electron chi connectivity index (χ2n) is 4.06. The van der Waals surface area contributed by atoms with Gasteiger partial charge in [-0.2, -0.15) is 4.37 Å². The summed E-state index contributed by atoms with van der Waals surface area (Å²) < 4.78 is 4.18. The minimum absolute atomic E-state index is 0.198. The van der Waals surface area contributed by atoms with E-state index in [4.69, 9.17) is 5.11 Å². The van der Waals surface area contributed by atoms with E-state index in [2.05, 4.69) is 14.7 Å². The number of carbonyl (C=O) groups is 1. The van der Waals surface area contributed by atoms with Crippen LogP contribution in [0.15, 0.2) is 0 Å². The van der Waals surface area contributed by atoms with Crippen molar-refractivity contribution in [1.82, 2.24) is 9.36 Å². The molecule has 0 amide bonds. The summed E-state index contributed by atoms with van der Waals surface area (Å²) in [5.41, 5.74) is 0. The maximum atomic E-state index is 10.8. The van der Waals surface area contributed by atoms with Gasteiger partial charge in [-0.1, -0.05) is 6.92 Å². The second kappa shape index (κ2) is 4.78. The molecule has 0 spiro atoms. The number of anilines is 1. The molecule has 0 bridgehead atoms. The summed E-state index contributed by atoms with van der Waals surface area (Å²) in [6.45, 7) is 2.02. The topological polar surface area (TPSA) is 75.1 Å². The number of nitrogens with zero attached hydrogens (tertiary/aromatic N) is 2. The van der Waals surface area contributed by atoms with Crippen LogP contribution in [0.2, 0.25) is 0 Å². The molecule has 16 heavy (non-hydrogen) atoms. The lowest BCUT2D eigenvalue weighted by Crippen LogP contribution is -2.17. The van der Waals surface area contributed by atoms with Gasteiger partial charge >= 0.3 is 5.97 Å². The molecule has 1 aromatic rings. The van der Waals surface area contributed by atoms with Crippen LogP contribution in [0, 0.1) is 5.92 Å². The van der Waals surface area contributed by atoms with Crippen LogP contribution in [-0.4, -0.2) is 26.5 Å². The van der Waals surface area contributed by atoms with E-state index in [-0.39, 0.29) is 12.0 Å². The van der Waals surface area contributed by atoms with Gasteiger partial charge in [-0.05, 0) is 19.3 Å². The third kappa shape index (κ3) is 2.49. The Balaban J connectivity index is 1.89. The van der Waals surface area contributed by atoms with Crippen molar-refractivity contribution >= 4 is 22.6 Å². The van der Waals surface area contributed by atoms with Gasteiger partial charge in [0.15, 0.2) is 0 Å². The van der Waals surface area contributed by atoms with Crippen molar-refractivity contribution in [3.63, 3.8) is 0 Å². The molecule has 2 atom stereocenters. The number of hydrogen-bond acceptors (Lipinski definition) is 5. The zero-order chi connectivity index (χ0) is 11.5. The standard InChI is InChI=1S/C10H15N3O2S/c1-2-8-12-10(16-13-8)11-7-4-3-6(5-7)9(14)15/h6-7H,2-5H2,1H3,(H,14,15)(H,11,12,13)/t6-,7+/m1/s1. The average molecular weight is 241 g/mol. The predicted octanol–water partition coefficient (Wildman–Crippen LogP) is 1.77. The molecule has 1 aliphatic carbocycles. The Morgan fingerprint density at radius 2 is 2.44 bits per heavy atom. The Morgan fingerprint density at radius 1 is 1.62 bits per heavy atom. The summed E-state index contributed by atoms with van der Waals surface area (Å²) in [7, 11) is 0. The highest BCUT2D eigenvalue weighted by Gasteiger charge is 2.29. The van der Waals surface area contributed by atoms with E-state index in [1.54, 1.807) is 0 Å². The van der Waals surface area contributed by atoms with E-state index in [0.717, 1.165) is 30.2 Å². The second-order valence-corrected chi connectivity index (χ2v) is 4.81. The molecule has 0 unspecified atom stereocenters. The molecule has 1 aromatic heterocycles. The fourth-order valence-corrected chi connectivity index (χ4v) is 2.70. The molecule has 6 heteroatoms. The summed E-state index contributed by atoms with van der Waals surface area (Å²) in [5.74, 6) is -0.0350. The van der Waals surface area contributed by atoms with Crippen molar-refractivity contribution in [1.29, 1.82) is 0 Å². The number of carboxylic acids is 1. The van der Waals surface area contributed by atoms with E-state index < -0.39 is 5.97 Å². The van der Waals surface area contributed by atoms with Gasteiger partial charge in [0.25, 0.3) is 0 Å². The predicted molar refractivity (Wildman–Crippen MR) is 61.7 cm³/mol. The van der Waals surface area contributed by atoms with Crippen molar-refractivity contribution in [3.8, 4) is 0 Å². The lowest BCUT2D eigenvalue weighted by Gasteiger charge is -2.09. The number of rotatable bonds is 4. The molecule has 1 fully saturated rings. The lowest BCUT2D eigenvalue weighted by atomic mass is 10.1. The summed E-state index contributed by atoms with van der Waals surface area (Å²) >= 11 is 1.35. The summed E-state index contributed by atoms with van der Waals surface area (Å²) in [4.78, 5) is 15.1. The number of hydrogen-bond donors (Lipinski definition) is 2. The highest BCUT2D eigenvalue weighted by molar-refractivity contribution is 7.09. The fraction of sp³-hybridized carbons (Fsp3) is 0.700. The highest BCUT2D eigenvalue weighted by Crippen LogP contribution is 2.28. The quantitative estimate of drug-likeness (QED) is 0.840. The fourth-order valence-electron chi connectivity index (χ4n) is 1.97. The van der Waals surface area contributed by atoms with Crippen molar-refractivity contribution in [2.75, 3.05) is 5.32 Å². The van der Waals surface area contributed by atoms with Crippen LogP contribution in [-0.2, 0) is 11.2 Å². The Bertz CT molecular complexity index is 380. The van der Waals surface area contributed by atoms with E-state index in [1.807, 2.05) is 6.92 Å². The Kier molecular flexibility index (Phi) is 3.38. The van der Waals surface area contributed by atoms with Gasteiger partial charge in [0.05, 0.1) is 5.92 Å². The van der Waals surface area contributed by atoms with E-state index in [1.165, 1.54) is 11.5 Å². The van der Waals surface area contributed by atoms with Gasteiger partial charge in [0, 0.05) is 24.0 Å². The van der Waals surface area contributed by atoms with Gasteiger partial charge in [0.2, 0.25) is 5.13 Å². The third-order valence-corrected chi connectivity index (χ3v) is 3.58. The first-order valence-electron chi connectivity index (χ1n) is 5.51. The van der Waals surface area contributed by atoms with Gasteiger partial charge < -0.3 is 10.4 Å². The zero-order valence-corrected chi connectivity index (χ0v) is 9.96. The Labute approximate surface area is 98.1 Å². The highest BCUT2D eigenvalue weighted by atomic mass is 32.1. The first-order chi connectivity index (χ1) is 7.69. The molecule has 2 N–H and O–H groups in total. The summed E-state index contributed by atoms with van der Waals surface area (Å²) in [6.07, 6.45) is 3.18. The van der Waals surface area contributed by atoms with Crippen molar-refractivity contribution in [2.24, 2.45) is 5.92 Å². The molecular formula is C10H15N3O2S. The molecule has 2 rings (SSSR count). The summed E-state index contributed by atoms with van der Waals surface area (Å²) in [6, 6.07) is 0.235. The van der Waals surface area contributed by atoms with Crippen molar-refractivity contribution in [2.45, 2.75) is 38.6 Å². The normalized spacial score (nSPS) is 24.6. The monoisotopic (exact) mass is 241 g/mol. The molecule has 0 aromatic carbocycles. The van der Waals surface area contributed by atoms with E-state index in [0.29, 0.717) is 6.42 Å². The third-order valence-electron chi connectivity index (χ3n) is 2.89. The molecule has 0 saturated heterocycles. The Hall–Kier alpha value is -1.17. The van der Waals surface area contributed by atoms with Crippen molar-refractivity contribution < 1.29 is 9.90 Å². The Morgan fingerprint density at radius 3 is 3.00 bits per heavy atom. The molecule has 1 saturated carbocycles. The minimum atomic E-state index is -0.684. The van der Waals surface area contributed by atoms with E-state index >= 15 is 0 Å². The smallest absolute Gasteiger partial charge is 0.306 e. The molecule has 1 aliphatic rings. The zero-order valence-electron chi connectivity index (χ0n) is 9.14. The van der Waals surface area contributed by atoms with E-state index in [9.17, 15) is 4.79 Å². The molecular weight excluding hydrogens is 226 g/mol. The van der Waals surface area contributed by atoms with Crippen LogP contribution in [0.25, 0.3) is 0 Å². The van der Waals surface area contributed by atoms with Crippen LogP contribution in [0.4, 0.5) is 5.13 Å². The number of aromatic nitrogens is 2.